The van der Waals surface area contributed by atoms with Gasteiger partial charge in [0.1, 0.15) is 18.1 Å². The Morgan fingerprint density at radius 3 is 2.37 bits per heavy atom. The first-order valence-electron chi connectivity index (χ1n) is 8.88. The van der Waals surface area contributed by atoms with Gasteiger partial charge in [-0.05, 0) is 81.1 Å². The molecule has 0 fully saturated rings. The van der Waals surface area contributed by atoms with Crippen LogP contribution in [0.1, 0.15) is 44.1 Å². The Bertz CT molecular complexity index is 969. The highest BCUT2D eigenvalue weighted by Gasteiger charge is 2.20. The van der Waals surface area contributed by atoms with Crippen LogP contribution in [0.15, 0.2) is 40.9 Å². The second-order valence-electron chi connectivity index (χ2n) is 6.93. The summed E-state index contributed by atoms with van der Waals surface area (Å²) in [6, 6.07) is 11.8. The molecule has 0 saturated carbocycles. The number of hydrogen-bond acceptors (Lipinski definition) is 4. The number of carbonyl (C=O) groups excluding carboxylic acids is 1. The van der Waals surface area contributed by atoms with E-state index >= 15 is 0 Å². The van der Waals surface area contributed by atoms with E-state index in [0.29, 0.717) is 11.3 Å². The quantitative estimate of drug-likeness (QED) is 0.688. The van der Waals surface area contributed by atoms with Gasteiger partial charge < -0.3 is 14.6 Å². The van der Waals surface area contributed by atoms with Gasteiger partial charge in [-0.3, -0.25) is 4.79 Å². The highest BCUT2D eigenvalue weighted by atomic mass is 16.5. The molecule has 3 aromatic rings. The number of rotatable bonds is 5. The standard InChI is InChI=1S/C22H24N2O3/c1-13-8-14(2)10-18(9-13)23-22(25)21-20(17(5)27-24-21)12-26-19-7-6-15(3)16(4)11-19/h6-11H,12H2,1-5H3,(H,23,25). The van der Waals surface area contributed by atoms with Gasteiger partial charge in [0.25, 0.3) is 5.91 Å². The molecule has 0 spiro atoms. The molecule has 0 aliphatic heterocycles. The molecule has 5 heteroatoms. The normalized spacial score (nSPS) is 10.7. The highest BCUT2D eigenvalue weighted by Crippen LogP contribution is 2.22. The first kappa shape index (κ1) is 18.7. The summed E-state index contributed by atoms with van der Waals surface area (Å²) in [5, 5.41) is 6.82. The molecule has 2 aromatic carbocycles. The zero-order valence-electron chi connectivity index (χ0n) is 16.3. The van der Waals surface area contributed by atoms with Crippen molar-refractivity contribution in [3.63, 3.8) is 0 Å². The van der Waals surface area contributed by atoms with Crippen LogP contribution in [0.25, 0.3) is 0 Å². The third-order valence-electron chi connectivity index (χ3n) is 4.54. The van der Waals surface area contributed by atoms with Crippen LogP contribution in [0, 0.1) is 34.6 Å². The molecule has 0 unspecified atom stereocenters. The van der Waals surface area contributed by atoms with E-state index in [-0.39, 0.29) is 18.2 Å². The minimum Gasteiger partial charge on any atom is -0.489 e. The summed E-state index contributed by atoms with van der Waals surface area (Å²) in [5.74, 6) is 1.01. The summed E-state index contributed by atoms with van der Waals surface area (Å²) in [6.45, 7) is 10.1. The maximum Gasteiger partial charge on any atom is 0.278 e. The Morgan fingerprint density at radius 1 is 1.00 bits per heavy atom. The number of carbonyl (C=O) groups is 1. The Kier molecular flexibility index (Phi) is 5.31. The molecule has 140 valence electrons. The lowest BCUT2D eigenvalue weighted by molar-refractivity contribution is 0.101. The van der Waals surface area contributed by atoms with Crippen molar-refractivity contribution in [3.05, 3.63) is 75.7 Å². The summed E-state index contributed by atoms with van der Waals surface area (Å²) in [6.07, 6.45) is 0. The first-order chi connectivity index (χ1) is 12.8. The average Bonchev–Trinajstić information content (AvgIpc) is 2.96. The van der Waals surface area contributed by atoms with Crippen molar-refractivity contribution in [1.82, 2.24) is 5.16 Å². The van der Waals surface area contributed by atoms with Crippen molar-refractivity contribution >= 4 is 11.6 Å². The molecule has 3 rings (SSSR count). The van der Waals surface area contributed by atoms with Gasteiger partial charge >= 0.3 is 0 Å². The smallest absolute Gasteiger partial charge is 0.278 e. The minimum absolute atomic E-state index is 0.216. The van der Waals surface area contributed by atoms with Gasteiger partial charge in [0.2, 0.25) is 0 Å². The molecule has 0 aliphatic rings. The molecule has 0 radical (unpaired) electrons. The van der Waals surface area contributed by atoms with E-state index in [2.05, 4.69) is 23.5 Å². The third-order valence-corrected chi connectivity index (χ3v) is 4.54. The molecule has 1 amide bonds. The van der Waals surface area contributed by atoms with Gasteiger partial charge in [-0.25, -0.2) is 0 Å². The van der Waals surface area contributed by atoms with E-state index in [1.807, 2.05) is 51.1 Å². The molecule has 5 nitrogen and oxygen atoms in total. The second-order valence-corrected chi connectivity index (χ2v) is 6.93. The number of hydrogen-bond donors (Lipinski definition) is 1. The Hall–Kier alpha value is -3.08. The predicted molar refractivity (Wildman–Crippen MR) is 105 cm³/mol. The van der Waals surface area contributed by atoms with Crippen LogP contribution in [-0.4, -0.2) is 11.1 Å². The lowest BCUT2D eigenvalue weighted by atomic mass is 10.1. The van der Waals surface area contributed by atoms with Crippen LogP contribution < -0.4 is 10.1 Å². The number of amides is 1. The topological polar surface area (TPSA) is 64.4 Å². The van der Waals surface area contributed by atoms with Gasteiger partial charge in [0, 0.05) is 5.69 Å². The summed E-state index contributed by atoms with van der Waals surface area (Å²) >= 11 is 0. The number of anilines is 1. The van der Waals surface area contributed by atoms with Gasteiger partial charge in [0.15, 0.2) is 5.69 Å². The molecular formula is C22H24N2O3. The van der Waals surface area contributed by atoms with Crippen LogP contribution in [0.2, 0.25) is 0 Å². The molecule has 0 saturated heterocycles. The second kappa shape index (κ2) is 7.66. The SMILES string of the molecule is Cc1cc(C)cc(NC(=O)c2noc(C)c2COc2ccc(C)c(C)c2)c1. The number of ether oxygens (including phenoxy) is 1. The van der Waals surface area contributed by atoms with Gasteiger partial charge in [-0.1, -0.05) is 17.3 Å². The largest absolute Gasteiger partial charge is 0.489 e. The van der Waals surface area contributed by atoms with E-state index in [4.69, 9.17) is 9.26 Å². The van der Waals surface area contributed by atoms with Crippen LogP contribution in [-0.2, 0) is 6.61 Å². The van der Waals surface area contributed by atoms with Crippen molar-refractivity contribution in [1.29, 1.82) is 0 Å². The van der Waals surface area contributed by atoms with Crippen molar-refractivity contribution < 1.29 is 14.1 Å². The van der Waals surface area contributed by atoms with Gasteiger partial charge in [0.05, 0.1) is 5.56 Å². The number of benzene rings is 2. The molecule has 27 heavy (non-hydrogen) atoms. The highest BCUT2D eigenvalue weighted by molar-refractivity contribution is 6.04. The van der Waals surface area contributed by atoms with Crippen LogP contribution in [0.3, 0.4) is 0 Å². The van der Waals surface area contributed by atoms with E-state index in [1.165, 1.54) is 5.56 Å². The fraction of sp³-hybridized carbons (Fsp3) is 0.273. The monoisotopic (exact) mass is 364 g/mol. The van der Waals surface area contributed by atoms with Crippen molar-refractivity contribution in [2.24, 2.45) is 0 Å². The summed E-state index contributed by atoms with van der Waals surface area (Å²) in [4.78, 5) is 12.7. The molecule has 0 aliphatic carbocycles. The van der Waals surface area contributed by atoms with E-state index in [1.54, 1.807) is 6.92 Å². The van der Waals surface area contributed by atoms with E-state index in [0.717, 1.165) is 28.1 Å². The Morgan fingerprint density at radius 2 is 1.70 bits per heavy atom. The maximum absolute atomic E-state index is 12.7. The first-order valence-corrected chi connectivity index (χ1v) is 8.88. The molecule has 1 N–H and O–H groups in total. The van der Waals surface area contributed by atoms with E-state index < -0.39 is 0 Å². The zero-order valence-corrected chi connectivity index (χ0v) is 16.3. The number of nitrogens with one attached hydrogen (secondary N) is 1. The summed E-state index contributed by atoms with van der Waals surface area (Å²) in [7, 11) is 0. The lowest BCUT2D eigenvalue weighted by Gasteiger charge is -2.09. The van der Waals surface area contributed by atoms with E-state index in [9.17, 15) is 4.79 Å². The summed E-state index contributed by atoms with van der Waals surface area (Å²) < 4.78 is 11.1. The molecular weight excluding hydrogens is 340 g/mol. The lowest BCUT2D eigenvalue weighted by Crippen LogP contribution is -2.15. The van der Waals surface area contributed by atoms with Crippen molar-refractivity contribution in [2.75, 3.05) is 5.32 Å². The Balaban J connectivity index is 1.77. The van der Waals surface area contributed by atoms with Crippen molar-refractivity contribution in [3.8, 4) is 5.75 Å². The predicted octanol–water partition coefficient (Wildman–Crippen LogP) is 5.05. The van der Waals surface area contributed by atoms with Gasteiger partial charge in [-0.15, -0.1) is 0 Å². The third kappa shape index (κ3) is 4.37. The maximum atomic E-state index is 12.7. The average molecular weight is 364 g/mol. The van der Waals surface area contributed by atoms with Crippen LogP contribution in [0.4, 0.5) is 5.69 Å². The van der Waals surface area contributed by atoms with Crippen molar-refractivity contribution in [2.45, 2.75) is 41.2 Å². The molecule has 1 heterocycles. The zero-order chi connectivity index (χ0) is 19.6. The fourth-order valence-corrected chi connectivity index (χ4v) is 2.94. The summed E-state index contributed by atoms with van der Waals surface area (Å²) in [5.41, 5.74) is 6.16. The fourth-order valence-electron chi connectivity index (χ4n) is 2.94. The van der Waals surface area contributed by atoms with Crippen LogP contribution >= 0.6 is 0 Å². The number of nitrogens with zero attached hydrogens (tertiary/aromatic N) is 1. The molecule has 0 atom stereocenters. The number of aromatic nitrogens is 1. The number of aryl methyl sites for hydroxylation is 5. The Labute approximate surface area is 159 Å². The minimum atomic E-state index is -0.310. The molecule has 1 aromatic heterocycles. The molecule has 0 bridgehead atoms. The van der Waals surface area contributed by atoms with Gasteiger partial charge in [-0.2, -0.15) is 0 Å². The van der Waals surface area contributed by atoms with Crippen LogP contribution in [0.5, 0.6) is 5.75 Å².